The zero-order valence-corrected chi connectivity index (χ0v) is 7.44. The second-order valence-electron chi connectivity index (χ2n) is 0.921. The summed E-state index contributed by atoms with van der Waals surface area (Å²) in [6.45, 7) is 0. The van der Waals surface area contributed by atoms with E-state index in [0.717, 1.165) is 0 Å². The van der Waals surface area contributed by atoms with Gasteiger partial charge in [-0.1, -0.05) is 0 Å². The Morgan fingerprint density at radius 1 is 1.22 bits per heavy atom. The van der Waals surface area contributed by atoms with E-state index < -0.39 is 15.6 Å². The molecule has 0 aromatic rings. The van der Waals surface area contributed by atoms with Crippen molar-refractivity contribution in [2.24, 2.45) is 0 Å². The van der Waals surface area contributed by atoms with Crippen LogP contribution >= 0.6 is 0 Å². The Hall–Kier alpha value is 1.04. The summed E-state index contributed by atoms with van der Waals surface area (Å²) in [5.74, 6) is 0. The first-order chi connectivity index (χ1) is 3.25. The van der Waals surface area contributed by atoms with Crippen LogP contribution in [0.3, 0.4) is 0 Å². The van der Waals surface area contributed by atoms with E-state index >= 15 is 0 Å². The minimum Gasteiger partial charge on any atom is -0.279 e. The van der Waals surface area contributed by atoms with Crippen molar-refractivity contribution in [3.63, 3.8) is 0 Å². The van der Waals surface area contributed by atoms with Gasteiger partial charge in [-0.3, -0.25) is 4.55 Å². The van der Waals surface area contributed by atoms with Crippen molar-refractivity contribution < 1.29 is 66.5 Å². The molecule has 0 bridgehead atoms. The van der Waals surface area contributed by atoms with E-state index in [4.69, 9.17) is 13.0 Å². The van der Waals surface area contributed by atoms with E-state index in [0.29, 0.717) is 0 Å². The third kappa shape index (κ3) is 4.44. The van der Waals surface area contributed by atoms with E-state index in [1.807, 2.05) is 0 Å². The van der Waals surface area contributed by atoms with Crippen molar-refractivity contribution in [2.75, 3.05) is 0 Å². The van der Waals surface area contributed by atoms with E-state index in [1.165, 1.54) is 0 Å². The van der Waals surface area contributed by atoms with Crippen molar-refractivity contribution in [3.05, 3.63) is 0 Å². The fourth-order valence-electron chi connectivity index (χ4n) is 0. The van der Waals surface area contributed by atoms with E-state index in [1.54, 1.807) is 0 Å². The van der Waals surface area contributed by atoms with Crippen LogP contribution in [0.4, 0.5) is 13.2 Å². The summed E-state index contributed by atoms with van der Waals surface area (Å²) in [5.41, 5.74) is -5.53. The molecule has 55 valence electrons. The second kappa shape index (κ2) is 3.43. The Balaban J connectivity index is 0. The van der Waals surface area contributed by atoms with Gasteiger partial charge in [0.25, 0.3) is 0 Å². The van der Waals surface area contributed by atoms with Gasteiger partial charge in [0.2, 0.25) is 0 Å². The van der Waals surface area contributed by atoms with Gasteiger partial charge in [-0.2, -0.15) is 21.6 Å². The van der Waals surface area contributed by atoms with Crippen LogP contribution in [0.2, 0.25) is 0 Å². The molecule has 0 aliphatic heterocycles. The summed E-state index contributed by atoms with van der Waals surface area (Å²) in [7, 11) is -5.84. The van der Waals surface area contributed by atoms with Crippen LogP contribution < -0.4 is 0 Å². The first-order valence-corrected chi connectivity index (χ1v) is 2.73. The van der Waals surface area contributed by atoms with Crippen LogP contribution in [-0.4, -0.2) is 18.5 Å². The van der Waals surface area contributed by atoms with Crippen LogP contribution in [0.5, 0.6) is 0 Å². The summed E-state index contributed by atoms with van der Waals surface area (Å²) in [4.78, 5) is 0. The van der Waals surface area contributed by atoms with Crippen LogP contribution in [-0.2, 0) is 10.1 Å². The molecule has 0 rings (SSSR count). The van der Waals surface area contributed by atoms with E-state index in [-0.39, 0.29) is 40.4 Å². The molecule has 0 unspecified atom stereocenters. The molecular weight excluding hydrogens is 294 g/mol. The summed E-state index contributed by atoms with van der Waals surface area (Å²) in [6, 6.07) is 0. The largest absolute Gasteiger partial charge is 0.522 e. The van der Waals surface area contributed by atoms with Crippen LogP contribution in [0.1, 0.15) is 0 Å². The summed E-state index contributed by atoms with van der Waals surface area (Å²) < 4.78 is 57.5. The number of hydrogen-bond donors (Lipinski definition) is 1. The minimum absolute atomic E-state index is 0. The summed E-state index contributed by atoms with van der Waals surface area (Å²) in [5, 5.41) is 0. The third-order valence-electron chi connectivity index (χ3n) is 0.292. The molecule has 0 fully saturated rings. The van der Waals surface area contributed by atoms with E-state index in [9.17, 15) is 13.2 Å². The molecule has 0 heterocycles. The zero-order valence-electron chi connectivity index (χ0n) is 3.75. The summed E-state index contributed by atoms with van der Waals surface area (Å²) in [6.07, 6.45) is 0. The fourth-order valence-corrected chi connectivity index (χ4v) is 0. The molecule has 0 aromatic carbocycles. The molecule has 3 nitrogen and oxygen atoms in total. The maximum atomic E-state index is 10.7. The van der Waals surface area contributed by atoms with Gasteiger partial charge in [-0.15, -0.1) is 0 Å². The quantitative estimate of drug-likeness (QED) is 0.520. The van der Waals surface area contributed by atoms with Gasteiger partial charge in [0.1, 0.15) is 0 Å². The fraction of sp³-hybridized carbons (Fsp3) is 1.00. The van der Waals surface area contributed by atoms with Gasteiger partial charge in [0.15, 0.2) is 0 Å². The molecule has 8 heteroatoms. The minimum atomic E-state index is -5.84. The van der Waals surface area contributed by atoms with Crippen LogP contribution in [0.25, 0.3) is 0 Å². The SMILES string of the molecule is O=S(=O)(O)C(F)(F)F.[Pm]. The van der Waals surface area contributed by atoms with Crippen molar-refractivity contribution in [3.8, 4) is 0 Å². The molecule has 0 atom stereocenters. The van der Waals surface area contributed by atoms with Crippen molar-refractivity contribution >= 4 is 10.1 Å². The molecule has 0 aromatic heterocycles. The molecule has 0 amide bonds. The van der Waals surface area contributed by atoms with Crippen molar-refractivity contribution in [1.29, 1.82) is 0 Å². The number of alkyl halides is 3. The molecule has 0 saturated carbocycles. The van der Waals surface area contributed by atoms with Gasteiger partial charge in [-0.05, 0) is 0 Å². The second-order valence-corrected chi connectivity index (χ2v) is 2.33. The summed E-state index contributed by atoms with van der Waals surface area (Å²) >= 11 is 0. The van der Waals surface area contributed by atoms with Gasteiger partial charge in [0.05, 0.1) is 0 Å². The number of hydrogen-bond acceptors (Lipinski definition) is 2. The maximum Gasteiger partial charge on any atom is 0.522 e. The Labute approximate surface area is 81.5 Å². The van der Waals surface area contributed by atoms with Crippen LogP contribution in [0.15, 0.2) is 0 Å². The van der Waals surface area contributed by atoms with Gasteiger partial charge in [0, 0.05) is 40.4 Å². The number of halogens is 3. The predicted molar refractivity (Wildman–Crippen MR) is 17.6 cm³/mol. The van der Waals surface area contributed by atoms with Gasteiger partial charge >= 0.3 is 15.6 Å². The first-order valence-electron chi connectivity index (χ1n) is 1.29. The molecule has 0 aliphatic rings. The van der Waals surface area contributed by atoms with E-state index in [2.05, 4.69) is 0 Å². The van der Waals surface area contributed by atoms with Gasteiger partial charge < -0.3 is 0 Å². The molecule has 0 aliphatic carbocycles. The topological polar surface area (TPSA) is 54.4 Å². The molecule has 0 saturated heterocycles. The Morgan fingerprint density at radius 2 is 1.33 bits per heavy atom. The molecule has 0 spiro atoms. The molecule has 9 heavy (non-hydrogen) atoms. The van der Waals surface area contributed by atoms with Gasteiger partial charge in [-0.25, -0.2) is 0 Å². The Bertz CT molecular complexity index is 168. The van der Waals surface area contributed by atoms with Crippen molar-refractivity contribution in [1.82, 2.24) is 0 Å². The zero-order chi connectivity index (χ0) is 7.00. The maximum absolute atomic E-state index is 10.7. The average Bonchev–Trinajstić information content (AvgIpc) is 1.25. The predicted octanol–water partition coefficient (Wildman–Crippen LogP) is 0.394. The normalized spacial score (nSPS) is 12.4. The first kappa shape index (κ1) is 12.7. The van der Waals surface area contributed by atoms with Crippen molar-refractivity contribution in [2.45, 2.75) is 5.51 Å². The number of rotatable bonds is 0. The molecular formula is CHF3O3PmS. The average molecular weight is 295 g/mol. The third-order valence-corrected chi connectivity index (χ3v) is 0.877. The smallest absolute Gasteiger partial charge is 0.279 e. The standard InChI is InChI=1S/CHF3O3S.Pm/c2-1(3,4)8(5,6)7;/h(H,5,6,7);. The monoisotopic (exact) mass is 295 g/mol. The molecule has 1 radical (unpaired) electrons. The Kier molecular flexibility index (Phi) is 4.84. The molecule has 1 N–H and O–H groups in total. The van der Waals surface area contributed by atoms with Crippen LogP contribution in [0, 0.1) is 40.4 Å². The Morgan fingerprint density at radius 3 is 1.33 bits per heavy atom.